The average molecular weight is 1290 g/mol. The summed E-state index contributed by atoms with van der Waals surface area (Å²) in [7, 11) is 0. The van der Waals surface area contributed by atoms with Crippen molar-refractivity contribution in [1.29, 1.82) is 0 Å². The molecule has 0 bridgehead atoms. The molecule has 5 nitrogen and oxygen atoms in total. The first-order valence-electron chi connectivity index (χ1n) is 34.5. The number of benzene rings is 16. The van der Waals surface area contributed by atoms with Crippen LogP contribution in [0.25, 0.3) is 210 Å². The Hall–Kier alpha value is -13.5. The molecule has 0 aliphatic rings. The van der Waals surface area contributed by atoms with E-state index in [1.165, 1.54) is 60.4 Å². The normalized spacial score (nSPS) is 12.0. The predicted octanol–water partition coefficient (Wildman–Crippen LogP) is 26.9. The van der Waals surface area contributed by atoms with E-state index in [1.807, 2.05) is 0 Å². The molecule has 0 fully saturated rings. The highest BCUT2D eigenvalue weighted by molar-refractivity contribution is 6.16. The molecule has 0 saturated carbocycles. The number of hydrogen-bond acceptors (Lipinski definition) is 3. The maximum atomic E-state index is 6.97. The van der Waals surface area contributed by atoms with Gasteiger partial charge in [-0.25, -0.2) is 0 Å². The quantitative estimate of drug-likeness (QED) is 0.137. The summed E-state index contributed by atoms with van der Waals surface area (Å²) in [5.74, 6) is 0. The molecule has 0 saturated heterocycles. The summed E-state index contributed by atoms with van der Waals surface area (Å²) in [6.45, 7) is 0. The van der Waals surface area contributed by atoms with E-state index in [9.17, 15) is 0 Å². The third kappa shape index (κ3) is 9.32. The minimum Gasteiger partial charge on any atom is -0.456 e. The fourth-order valence-corrected chi connectivity index (χ4v) is 16.0. The second-order valence-electron chi connectivity index (χ2n) is 26.7. The SMILES string of the molecule is c1ccc(-c2ccc3oc4ccc(-c5cccc(-n6c7ccc(-c8ccccc8)cc7c7ccc(-c8cc(-c9cccc(-c%10ccc%11oc%12ccc(-c%13cccc(-n%14c%15ccccc%15c%15cc(-c%16ccccc%16)ccc%15%14)c%13)cc%12c%11c%10)c9)cc9c8oc8ccccc89)cc76)c5)cc4c3c2)cc1. The monoisotopic (exact) mass is 1290 g/mol. The molecular formula is C96H58N2O3. The van der Waals surface area contributed by atoms with E-state index in [4.69, 9.17) is 13.3 Å². The molecule has 0 spiro atoms. The number of nitrogens with zero attached hydrogens (tertiary/aromatic N) is 2. The lowest BCUT2D eigenvalue weighted by molar-refractivity contribution is 0.668. The maximum Gasteiger partial charge on any atom is 0.143 e. The summed E-state index contributed by atoms with van der Waals surface area (Å²) < 4.78 is 24.9. The molecule has 21 aromatic rings. The lowest BCUT2D eigenvalue weighted by Crippen LogP contribution is -1.95. The Morgan fingerprint density at radius 1 is 0.158 bits per heavy atom. The van der Waals surface area contributed by atoms with E-state index in [2.05, 4.69) is 361 Å². The second-order valence-corrected chi connectivity index (χ2v) is 26.7. The number of fused-ring (bicyclic) bond motifs is 15. The van der Waals surface area contributed by atoms with Crippen LogP contribution in [0.15, 0.2) is 365 Å². The van der Waals surface area contributed by atoms with Crippen LogP contribution >= 0.6 is 0 Å². The van der Waals surface area contributed by atoms with Gasteiger partial charge in [0.1, 0.15) is 33.5 Å². The van der Waals surface area contributed by atoms with Gasteiger partial charge in [-0.1, -0.05) is 218 Å². The van der Waals surface area contributed by atoms with Crippen LogP contribution in [0.5, 0.6) is 0 Å². The fourth-order valence-electron chi connectivity index (χ4n) is 16.0. The van der Waals surface area contributed by atoms with Crippen molar-refractivity contribution in [2.75, 3.05) is 0 Å². The number of furan rings is 3. The molecule has 5 aromatic heterocycles. The van der Waals surface area contributed by atoms with Gasteiger partial charge in [0.05, 0.1) is 22.1 Å². The minimum atomic E-state index is 0.853. The predicted molar refractivity (Wildman–Crippen MR) is 420 cm³/mol. The van der Waals surface area contributed by atoms with Crippen LogP contribution in [0.1, 0.15) is 0 Å². The Labute approximate surface area is 580 Å². The van der Waals surface area contributed by atoms with Crippen LogP contribution in [0.4, 0.5) is 0 Å². The zero-order valence-corrected chi connectivity index (χ0v) is 54.6. The molecule has 101 heavy (non-hydrogen) atoms. The van der Waals surface area contributed by atoms with E-state index >= 15 is 0 Å². The topological polar surface area (TPSA) is 49.3 Å². The van der Waals surface area contributed by atoms with Gasteiger partial charge in [-0.3, -0.25) is 0 Å². The zero-order chi connectivity index (χ0) is 66.2. The zero-order valence-electron chi connectivity index (χ0n) is 54.6. The Balaban J connectivity index is 0.664. The molecule has 5 heteroatoms. The summed E-state index contributed by atoms with van der Waals surface area (Å²) >= 11 is 0. The molecule has 0 aliphatic heterocycles. The molecule has 0 atom stereocenters. The Morgan fingerprint density at radius 2 is 0.505 bits per heavy atom. The van der Waals surface area contributed by atoms with E-state index in [0.717, 1.165) is 149 Å². The van der Waals surface area contributed by atoms with Crippen molar-refractivity contribution in [3.63, 3.8) is 0 Å². The van der Waals surface area contributed by atoms with Crippen LogP contribution in [0.3, 0.4) is 0 Å². The first-order chi connectivity index (χ1) is 50.0. The molecule has 0 unspecified atom stereocenters. The van der Waals surface area contributed by atoms with Crippen LogP contribution in [0, 0.1) is 0 Å². The highest BCUT2D eigenvalue weighted by atomic mass is 16.3. The van der Waals surface area contributed by atoms with E-state index in [-0.39, 0.29) is 0 Å². The minimum absolute atomic E-state index is 0.853. The van der Waals surface area contributed by atoms with Gasteiger partial charge in [0.2, 0.25) is 0 Å². The molecule has 0 radical (unpaired) electrons. The van der Waals surface area contributed by atoms with Gasteiger partial charge in [0.15, 0.2) is 0 Å². The summed E-state index contributed by atoms with van der Waals surface area (Å²) in [6, 6.07) is 128. The molecule has 0 aliphatic carbocycles. The van der Waals surface area contributed by atoms with Crippen molar-refractivity contribution in [1.82, 2.24) is 9.13 Å². The Kier molecular flexibility index (Phi) is 12.7. The van der Waals surface area contributed by atoms with Crippen LogP contribution < -0.4 is 0 Å². The van der Waals surface area contributed by atoms with Crippen molar-refractivity contribution >= 4 is 109 Å². The van der Waals surface area contributed by atoms with Crippen molar-refractivity contribution in [2.24, 2.45) is 0 Å². The molecule has 0 amide bonds. The van der Waals surface area contributed by atoms with Gasteiger partial charge >= 0.3 is 0 Å². The second kappa shape index (κ2) is 22.5. The van der Waals surface area contributed by atoms with Gasteiger partial charge in [-0.15, -0.1) is 0 Å². The van der Waals surface area contributed by atoms with Crippen LogP contribution in [-0.2, 0) is 0 Å². The summed E-state index contributed by atoms with van der Waals surface area (Å²) in [5, 5.41) is 11.3. The molecule has 470 valence electrons. The molecule has 5 heterocycles. The lowest BCUT2D eigenvalue weighted by Gasteiger charge is -2.13. The average Bonchev–Trinajstić information content (AvgIpc) is 1.60. The highest BCUT2D eigenvalue weighted by Crippen LogP contribution is 2.46. The standard InChI is InChI=1S/C96H58N2O3/c1-4-17-59(18-5-1)66-34-41-88-80(50-66)76-29-10-12-31-87(76)97(88)74-27-15-25-64(48-74)70-38-46-95-85(55-70)83-53-69(37-44-93(83)100-95)62-23-14-24-63(47-62)73-56-79(96-86(57-73)78-30-11-13-32-91(78)101-96)72-33-40-77-81-51-67(60-19-6-2-7-20-60)35-42-89(81)98(90(77)58-72)75-28-16-26-65(49-75)71-39-45-94-84(54-71)82-52-68(36-43-92(82)99-94)61-21-8-3-9-22-61/h1-58H. The smallest absolute Gasteiger partial charge is 0.143 e. The first-order valence-corrected chi connectivity index (χ1v) is 34.5. The van der Waals surface area contributed by atoms with Crippen molar-refractivity contribution < 1.29 is 13.3 Å². The van der Waals surface area contributed by atoms with Crippen molar-refractivity contribution in [3.8, 4) is 100 Å². The number of rotatable bonds is 10. The van der Waals surface area contributed by atoms with Crippen LogP contribution in [-0.4, -0.2) is 9.13 Å². The molecule has 0 N–H and O–H groups in total. The Bertz CT molecular complexity index is 6940. The number of aromatic nitrogens is 2. The molecule has 16 aromatic carbocycles. The van der Waals surface area contributed by atoms with Crippen molar-refractivity contribution in [3.05, 3.63) is 352 Å². The lowest BCUT2D eigenvalue weighted by atomic mass is 9.93. The van der Waals surface area contributed by atoms with Crippen molar-refractivity contribution in [2.45, 2.75) is 0 Å². The van der Waals surface area contributed by atoms with E-state index < -0.39 is 0 Å². The largest absolute Gasteiger partial charge is 0.456 e. The van der Waals surface area contributed by atoms with E-state index in [1.54, 1.807) is 0 Å². The third-order valence-electron chi connectivity index (χ3n) is 20.9. The molecular weight excluding hydrogens is 1230 g/mol. The number of para-hydroxylation sites is 2. The van der Waals surface area contributed by atoms with Crippen LogP contribution in [0.2, 0.25) is 0 Å². The van der Waals surface area contributed by atoms with Gasteiger partial charge in [-0.2, -0.15) is 0 Å². The first kappa shape index (κ1) is 56.7. The van der Waals surface area contributed by atoms with Gasteiger partial charge < -0.3 is 22.4 Å². The van der Waals surface area contributed by atoms with Gasteiger partial charge in [0.25, 0.3) is 0 Å². The summed E-state index contributed by atoms with van der Waals surface area (Å²) in [5.41, 5.74) is 30.0. The highest BCUT2D eigenvalue weighted by Gasteiger charge is 2.22. The maximum absolute atomic E-state index is 6.97. The van der Waals surface area contributed by atoms with E-state index in [0.29, 0.717) is 0 Å². The summed E-state index contributed by atoms with van der Waals surface area (Å²) in [4.78, 5) is 0. The third-order valence-corrected chi connectivity index (χ3v) is 20.9. The summed E-state index contributed by atoms with van der Waals surface area (Å²) in [6.07, 6.45) is 0. The fraction of sp³-hybridized carbons (Fsp3) is 0. The van der Waals surface area contributed by atoms with Gasteiger partial charge in [-0.05, 0) is 217 Å². The molecule has 21 rings (SSSR count). The number of hydrogen-bond donors (Lipinski definition) is 0. The Morgan fingerprint density at radius 3 is 1.03 bits per heavy atom. The van der Waals surface area contributed by atoms with Gasteiger partial charge in [0, 0.05) is 70.8 Å².